The van der Waals surface area contributed by atoms with Crippen molar-refractivity contribution in [3.05, 3.63) is 46.3 Å². The highest BCUT2D eigenvalue weighted by atomic mass is 35.5. The van der Waals surface area contributed by atoms with E-state index >= 15 is 0 Å². The highest BCUT2D eigenvalue weighted by Gasteiger charge is 2.29. The largest absolute Gasteiger partial charge is 0.339 e. The maximum atomic E-state index is 13.0. The zero-order valence-electron chi connectivity index (χ0n) is 11.1. The van der Waals surface area contributed by atoms with Gasteiger partial charge in [0.15, 0.2) is 5.82 Å². The van der Waals surface area contributed by atoms with E-state index in [9.17, 15) is 4.39 Å². The SMILES string of the molecule is C[C@@H]1CNC[C@H]1c1nc(Cc2ccc(F)cc2Cl)no1. The van der Waals surface area contributed by atoms with Gasteiger partial charge in [-0.3, -0.25) is 0 Å². The van der Waals surface area contributed by atoms with Gasteiger partial charge in [-0.2, -0.15) is 4.98 Å². The second-order valence-corrected chi connectivity index (χ2v) is 5.61. The van der Waals surface area contributed by atoms with Crippen LogP contribution in [0.1, 0.15) is 30.1 Å². The van der Waals surface area contributed by atoms with Crippen molar-refractivity contribution in [1.82, 2.24) is 15.5 Å². The fraction of sp³-hybridized carbons (Fsp3) is 0.429. The van der Waals surface area contributed by atoms with Crippen molar-refractivity contribution in [2.75, 3.05) is 13.1 Å². The predicted molar refractivity (Wildman–Crippen MR) is 73.3 cm³/mol. The summed E-state index contributed by atoms with van der Waals surface area (Å²) in [5, 5.41) is 7.67. The molecule has 2 heterocycles. The molecule has 1 aromatic heterocycles. The first-order chi connectivity index (χ1) is 9.63. The summed E-state index contributed by atoms with van der Waals surface area (Å²) in [7, 11) is 0. The van der Waals surface area contributed by atoms with Crippen LogP contribution < -0.4 is 5.32 Å². The van der Waals surface area contributed by atoms with E-state index in [0.29, 0.717) is 29.1 Å². The quantitative estimate of drug-likeness (QED) is 0.946. The van der Waals surface area contributed by atoms with Crippen LogP contribution in [0.15, 0.2) is 22.7 Å². The lowest BCUT2D eigenvalue weighted by atomic mass is 9.98. The third-order valence-electron chi connectivity index (χ3n) is 3.68. The average Bonchev–Trinajstić information content (AvgIpc) is 3.01. The van der Waals surface area contributed by atoms with E-state index in [0.717, 1.165) is 18.7 Å². The van der Waals surface area contributed by atoms with Crippen LogP contribution in [-0.2, 0) is 6.42 Å². The zero-order chi connectivity index (χ0) is 14.1. The Morgan fingerprint density at radius 2 is 2.30 bits per heavy atom. The summed E-state index contributed by atoms with van der Waals surface area (Å²) in [6.07, 6.45) is 0.442. The minimum absolute atomic E-state index is 0.264. The standard InChI is InChI=1S/C14H15ClFN3O/c1-8-6-17-7-11(8)14-18-13(19-20-14)4-9-2-3-10(16)5-12(9)15/h2-3,5,8,11,17H,4,6-7H2,1H3/t8-,11-/m1/s1. The average molecular weight is 296 g/mol. The molecule has 0 spiro atoms. The molecule has 1 N–H and O–H groups in total. The molecular weight excluding hydrogens is 281 g/mol. The lowest BCUT2D eigenvalue weighted by Crippen LogP contribution is -2.08. The van der Waals surface area contributed by atoms with Crippen molar-refractivity contribution in [1.29, 1.82) is 0 Å². The van der Waals surface area contributed by atoms with Crippen LogP contribution in [0.4, 0.5) is 4.39 Å². The first-order valence-electron chi connectivity index (χ1n) is 6.60. The van der Waals surface area contributed by atoms with Crippen molar-refractivity contribution in [2.45, 2.75) is 19.3 Å². The van der Waals surface area contributed by atoms with Crippen molar-refractivity contribution >= 4 is 11.6 Å². The Balaban J connectivity index is 1.77. The number of benzene rings is 1. The van der Waals surface area contributed by atoms with Crippen LogP contribution in [0.3, 0.4) is 0 Å². The molecule has 20 heavy (non-hydrogen) atoms. The zero-order valence-corrected chi connectivity index (χ0v) is 11.8. The van der Waals surface area contributed by atoms with Gasteiger partial charge in [-0.1, -0.05) is 29.7 Å². The number of halogens is 2. The number of aromatic nitrogens is 2. The lowest BCUT2D eigenvalue weighted by Gasteiger charge is -2.07. The van der Waals surface area contributed by atoms with Crippen LogP contribution in [-0.4, -0.2) is 23.2 Å². The smallest absolute Gasteiger partial charge is 0.231 e. The molecule has 0 saturated carbocycles. The topological polar surface area (TPSA) is 51.0 Å². The maximum absolute atomic E-state index is 13.0. The van der Waals surface area contributed by atoms with Gasteiger partial charge in [0.1, 0.15) is 5.82 Å². The van der Waals surface area contributed by atoms with Gasteiger partial charge >= 0.3 is 0 Å². The Kier molecular flexibility index (Phi) is 3.72. The van der Waals surface area contributed by atoms with Crippen LogP contribution >= 0.6 is 11.6 Å². The Morgan fingerprint density at radius 1 is 1.45 bits per heavy atom. The molecule has 2 atom stereocenters. The minimum atomic E-state index is -0.349. The second kappa shape index (κ2) is 5.50. The number of hydrogen-bond donors (Lipinski definition) is 1. The molecule has 1 aliphatic rings. The van der Waals surface area contributed by atoms with Crippen LogP contribution in [0, 0.1) is 11.7 Å². The molecule has 1 saturated heterocycles. The number of hydrogen-bond acceptors (Lipinski definition) is 4. The molecule has 0 aliphatic carbocycles. The first-order valence-corrected chi connectivity index (χ1v) is 6.98. The van der Waals surface area contributed by atoms with Crippen LogP contribution in [0.2, 0.25) is 5.02 Å². The van der Waals surface area contributed by atoms with Crippen molar-refractivity contribution < 1.29 is 8.91 Å². The highest BCUT2D eigenvalue weighted by molar-refractivity contribution is 6.31. The van der Waals surface area contributed by atoms with Gasteiger partial charge in [0.05, 0.1) is 5.92 Å². The highest BCUT2D eigenvalue weighted by Crippen LogP contribution is 2.27. The first kappa shape index (κ1) is 13.5. The molecular formula is C14H15ClFN3O. The number of nitrogens with one attached hydrogen (secondary N) is 1. The molecule has 106 valence electrons. The summed E-state index contributed by atoms with van der Waals surface area (Å²) in [6, 6.07) is 4.32. The van der Waals surface area contributed by atoms with E-state index in [4.69, 9.17) is 16.1 Å². The maximum Gasteiger partial charge on any atom is 0.231 e. The van der Waals surface area contributed by atoms with Gasteiger partial charge in [0.25, 0.3) is 0 Å². The van der Waals surface area contributed by atoms with Gasteiger partial charge in [0, 0.05) is 18.0 Å². The minimum Gasteiger partial charge on any atom is -0.339 e. The second-order valence-electron chi connectivity index (χ2n) is 5.20. The molecule has 0 radical (unpaired) electrons. The van der Waals surface area contributed by atoms with E-state index in [1.54, 1.807) is 6.07 Å². The van der Waals surface area contributed by atoms with Gasteiger partial charge in [-0.05, 0) is 30.2 Å². The van der Waals surface area contributed by atoms with E-state index in [1.165, 1.54) is 12.1 Å². The lowest BCUT2D eigenvalue weighted by molar-refractivity contribution is 0.337. The van der Waals surface area contributed by atoms with Crippen LogP contribution in [0.25, 0.3) is 0 Å². The summed E-state index contributed by atoms with van der Waals surface area (Å²) < 4.78 is 18.3. The summed E-state index contributed by atoms with van der Waals surface area (Å²) >= 11 is 6.00. The Labute approximate surface area is 121 Å². The molecule has 1 aliphatic heterocycles. The molecule has 0 amide bonds. The van der Waals surface area contributed by atoms with Gasteiger partial charge in [0.2, 0.25) is 5.89 Å². The summed E-state index contributed by atoms with van der Waals surface area (Å²) in [6.45, 7) is 3.98. The molecule has 1 fully saturated rings. The van der Waals surface area contributed by atoms with E-state index in [-0.39, 0.29) is 11.7 Å². The molecule has 0 bridgehead atoms. The fourth-order valence-electron chi connectivity index (χ4n) is 2.47. The normalized spacial score (nSPS) is 22.4. The van der Waals surface area contributed by atoms with E-state index < -0.39 is 0 Å². The monoisotopic (exact) mass is 295 g/mol. The Bertz CT molecular complexity index is 616. The van der Waals surface area contributed by atoms with Crippen molar-refractivity contribution in [3.63, 3.8) is 0 Å². The van der Waals surface area contributed by atoms with Crippen LogP contribution in [0.5, 0.6) is 0 Å². The molecule has 3 rings (SSSR count). The molecule has 6 heteroatoms. The predicted octanol–water partition coefficient (Wildman–Crippen LogP) is 2.78. The molecule has 0 unspecified atom stereocenters. The third kappa shape index (κ3) is 2.69. The Hall–Kier alpha value is -1.46. The third-order valence-corrected chi connectivity index (χ3v) is 4.03. The van der Waals surface area contributed by atoms with E-state index in [2.05, 4.69) is 22.4 Å². The summed E-state index contributed by atoms with van der Waals surface area (Å²) in [5.41, 5.74) is 0.790. The molecule has 1 aromatic carbocycles. The van der Waals surface area contributed by atoms with Crippen molar-refractivity contribution in [3.8, 4) is 0 Å². The van der Waals surface area contributed by atoms with Gasteiger partial charge in [-0.15, -0.1) is 0 Å². The van der Waals surface area contributed by atoms with Crippen molar-refractivity contribution in [2.24, 2.45) is 5.92 Å². The summed E-state index contributed by atoms with van der Waals surface area (Å²) in [5.74, 6) is 1.64. The summed E-state index contributed by atoms with van der Waals surface area (Å²) in [4.78, 5) is 4.43. The number of nitrogens with zero attached hydrogens (tertiary/aromatic N) is 2. The Morgan fingerprint density at radius 3 is 3.00 bits per heavy atom. The van der Waals surface area contributed by atoms with E-state index in [1.807, 2.05) is 0 Å². The fourth-order valence-corrected chi connectivity index (χ4v) is 2.70. The number of rotatable bonds is 3. The van der Waals surface area contributed by atoms with Gasteiger partial charge < -0.3 is 9.84 Å². The molecule has 4 nitrogen and oxygen atoms in total. The van der Waals surface area contributed by atoms with Gasteiger partial charge in [-0.25, -0.2) is 4.39 Å². The molecule has 2 aromatic rings.